The van der Waals surface area contributed by atoms with Gasteiger partial charge in [0.05, 0.1) is 17.8 Å². The Morgan fingerprint density at radius 2 is 2.28 bits per heavy atom. The third-order valence-corrected chi connectivity index (χ3v) is 2.28. The fourth-order valence-electron chi connectivity index (χ4n) is 1.23. The molecule has 0 bridgehead atoms. The number of ether oxygens (including phenoxy) is 1. The van der Waals surface area contributed by atoms with Crippen molar-refractivity contribution >= 4 is 17.5 Å². The lowest BCUT2D eigenvalue weighted by Gasteiger charge is -2.07. The molecule has 90 valence electrons. The Bertz CT molecular complexity index is 611. The summed E-state index contributed by atoms with van der Waals surface area (Å²) in [5.41, 5.74) is 2.77. The number of hydrazine groups is 1. The molecule has 1 heterocycles. The molecule has 6 nitrogen and oxygen atoms in total. The molecule has 0 aliphatic heterocycles. The van der Waals surface area contributed by atoms with E-state index in [2.05, 4.69) is 15.4 Å². The second-order valence-electron chi connectivity index (χ2n) is 3.23. The molecule has 0 amide bonds. The van der Waals surface area contributed by atoms with E-state index in [1.165, 1.54) is 6.20 Å². The summed E-state index contributed by atoms with van der Waals surface area (Å²) in [6.45, 7) is 0. The number of nitriles is 1. The van der Waals surface area contributed by atoms with Gasteiger partial charge in [-0.15, -0.1) is 0 Å². The minimum atomic E-state index is 0.162. The Balaban J connectivity index is 2.30. The molecule has 1 aromatic carbocycles. The number of aromatic nitrogens is 2. The highest BCUT2D eigenvalue weighted by molar-refractivity contribution is 6.31. The molecule has 0 atom stereocenters. The Kier molecular flexibility index (Phi) is 3.57. The SMILES string of the molecule is N#Cc1cccc(Oc2nc(NN)ncc2Cl)c1. The lowest BCUT2D eigenvalue weighted by atomic mass is 10.2. The van der Waals surface area contributed by atoms with Gasteiger partial charge in [-0.3, -0.25) is 5.43 Å². The molecule has 0 unspecified atom stereocenters. The number of nitrogen functional groups attached to an aromatic ring is 1. The van der Waals surface area contributed by atoms with Crippen LogP contribution in [0, 0.1) is 11.3 Å². The van der Waals surface area contributed by atoms with Crippen molar-refractivity contribution in [2.24, 2.45) is 5.84 Å². The van der Waals surface area contributed by atoms with Crippen LogP contribution in [0.15, 0.2) is 30.5 Å². The summed E-state index contributed by atoms with van der Waals surface area (Å²) in [6.07, 6.45) is 1.37. The van der Waals surface area contributed by atoms with E-state index in [1.54, 1.807) is 24.3 Å². The van der Waals surface area contributed by atoms with Crippen molar-refractivity contribution < 1.29 is 4.74 Å². The van der Waals surface area contributed by atoms with E-state index in [0.29, 0.717) is 11.3 Å². The van der Waals surface area contributed by atoms with Crippen molar-refractivity contribution in [1.82, 2.24) is 9.97 Å². The van der Waals surface area contributed by atoms with Crippen molar-refractivity contribution in [1.29, 1.82) is 5.26 Å². The predicted molar refractivity (Wildman–Crippen MR) is 66.1 cm³/mol. The van der Waals surface area contributed by atoms with Crippen LogP contribution in [0.5, 0.6) is 11.6 Å². The number of nitrogens with two attached hydrogens (primary N) is 1. The second kappa shape index (κ2) is 5.31. The summed E-state index contributed by atoms with van der Waals surface area (Å²) in [6, 6.07) is 8.65. The van der Waals surface area contributed by atoms with Crippen LogP contribution in [-0.2, 0) is 0 Å². The number of hydrogen-bond acceptors (Lipinski definition) is 6. The van der Waals surface area contributed by atoms with Gasteiger partial charge in [0.15, 0.2) is 0 Å². The Hall–Kier alpha value is -2.36. The number of nitrogens with one attached hydrogen (secondary N) is 1. The summed E-state index contributed by atoms with van der Waals surface area (Å²) in [7, 11) is 0. The third-order valence-electron chi connectivity index (χ3n) is 2.02. The first kappa shape index (κ1) is 12.1. The standard InChI is InChI=1S/C11H8ClN5O/c12-9-6-15-11(17-14)16-10(9)18-8-3-1-2-7(4-8)5-13/h1-4,6H,14H2,(H,15,16,17). The van der Waals surface area contributed by atoms with E-state index in [-0.39, 0.29) is 16.9 Å². The number of anilines is 1. The van der Waals surface area contributed by atoms with Crippen molar-refractivity contribution in [3.05, 3.63) is 41.0 Å². The van der Waals surface area contributed by atoms with Crippen LogP contribution in [0.4, 0.5) is 5.95 Å². The van der Waals surface area contributed by atoms with Crippen LogP contribution in [-0.4, -0.2) is 9.97 Å². The number of benzene rings is 1. The zero-order valence-corrected chi connectivity index (χ0v) is 9.85. The van der Waals surface area contributed by atoms with Gasteiger partial charge in [-0.2, -0.15) is 10.2 Å². The maximum Gasteiger partial charge on any atom is 0.243 e. The van der Waals surface area contributed by atoms with Crippen molar-refractivity contribution in [3.63, 3.8) is 0 Å². The first-order valence-electron chi connectivity index (χ1n) is 4.90. The van der Waals surface area contributed by atoms with Crippen LogP contribution >= 0.6 is 11.6 Å². The molecule has 0 saturated heterocycles. The molecule has 2 rings (SSSR count). The van der Waals surface area contributed by atoms with E-state index in [9.17, 15) is 0 Å². The molecule has 3 N–H and O–H groups in total. The lowest BCUT2D eigenvalue weighted by molar-refractivity contribution is 0.462. The average molecular weight is 262 g/mol. The smallest absolute Gasteiger partial charge is 0.243 e. The van der Waals surface area contributed by atoms with Crippen molar-refractivity contribution in [3.8, 4) is 17.7 Å². The molecule has 0 aliphatic carbocycles. The van der Waals surface area contributed by atoms with Crippen molar-refractivity contribution in [2.45, 2.75) is 0 Å². The third kappa shape index (κ3) is 2.66. The van der Waals surface area contributed by atoms with Crippen molar-refractivity contribution in [2.75, 3.05) is 5.43 Å². The maximum absolute atomic E-state index is 8.78. The number of halogens is 1. The summed E-state index contributed by atoms with van der Waals surface area (Å²) in [5.74, 6) is 5.99. The minimum absolute atomic E-state index is 0.162. The molecule has 2 aromatic rings. The lowest BCUT2D eigenvalue weighted by Crippen LogP contribution is -2.10. The second-order valence-corrected chi connectivity index (χ2v) is 3.64. The Morgan fingerprint density at radius 1 is 1.44 bits per heavy atom. The van der Waals surface area contributed by atoms with E-state index >= 15 is 0 Å². The van der Waals surface area contributed by atoms with Gasteiger partial charge in [0.1, 0.15) is 10.8 Å². The van der Waals surface area contributed by atoms with Gasteiger partial charge in [-0.1, -0.05) is 17.7 Å². The first-order valence-corrected chi connectivity index (χ1v) is 5.28. The quantitative estimate of drug-likeness (QED) is 0.648. The van der Waals surface area contributed by atoms with Gasteiger partial charge >= 0.3 is 0 Å². The van der Waals surface area contributed by atoms with Crippen LogP contribution in [0.25, 0.3) is 0 Å². The van der Waals surface area contributed by atoms with Gasteiger partial charge in [0, 0.05) is 0 Å². The van der Waals surface area contributed by atoms with E-state index in [4.69, 9.17) is 27.4 Å². The number of nitrogens with zero attached hydrogens (tertiary/aromatic N) is 3. The monoisotopic (exact) mass is 261 g/mol. The topological polar surface area (TPSA) is 96.8 Å². The molecular formula is C11H8ClN5O. The molecule has 7 heteroatoms. The summed E-state index contributed by atoms with van der Waals surface area (Å²) in [5, 5.41) is 9.03. The number of hydrogen-bond donors (Lipinski definition) is 2. The van der Waals surface area contributed by atoms with Gasteiger partial charge in [0.2, 0.25) is 11.8 Å². The molecule has 1 aromatic heterocycles. The summed E-state index contributed by atoms with van der Waals surface area (Å²) >= 11 is 5.89. The van der Waals surface area contributed by atoms with Gasteiger partial charge < -0.3 is 4.74 Å². The molecule has 18 heavy (non-hydrogen) atoms. The summed E-state index contributed by atoms with van der Waals surface area (Å²) < 4.78 is 5.46. The Morgan fingerprint density at radius 3 is 3.00 bits per heavy atom. The molecule has 0 aliphatic rings. The highest BCUT2D eigenvalue weighted by Crippen LogP contribution is 2.27. The van der Waals surface area contributed by atoms with Gasteiger partial charge in [0.25, 0.3) is 0 Å². The van der Waals surface area contributed by atoms with E-state index in [1.807, 2.05) is 6.07 Å². The molecule has 0 radical (unpaired) electrons. The largest absolute Gasteiger partial charge is 0.437 e. The van der Waals surface area contributed by atoms with Crippen LogP contribution in [0.3, 0.4) is 0 Å². The first-order chi connectivity index (χ1) is 8.72. The van der Waals surface area contributed by atoms with Crippen LogP contribution in [0.1, 0.15) is 5.56 Å². The normalized spacial score (nSPS) is 9.61. The average Bonchev–Trinajstić information content (AvgIpc) is 2.41. The number of rotatable bonds is 3. The highest BCUT2D eigenvalue weighted by Gasteiger charge is 2.07. The zero-order chi connectivity index (χ0) is 13.0. The molecule has 0 saturated carbocycles. The highest BCUT2D eigenvalue weighted by atomic mass is 35.5. The molecule has 0 spiro atoms. The van der Waals surface area contributed by atoms with Gasteiger partial charge in [-0.05, 0) is 18.2 Å². The van der Waals surface area contributed by atoms with E-state index < -0.39 is 0 Å². The minimum Gasteiger partial charge on any atom is -0.437 e. The fraction of sp³-hybridized carbons (Fsp3) is 0. The predicted octanol–water partition coefficient (Wildman–Crippen LogP) is 2.08. The molecule has 0 fully saturated rings. The van der Waals surface area contributed by atoms with Crippen LogP contribution < -0.4 is 16.0 Å². The zero-order valence-electron chi connectivity index (χ0n) is 9.09. The molecular weight excluding hydrogens is 254 g/mol. The Labute approximate surface area is 108 Å². The maximum atomic E-state index is 8.78. The summed E-state index contributed by atoms with van der Waals surface area (Å²) in [4.78, 5) is 7.78. The van der Waals surface area contributed by atoms with Crippen LogP contribution in [0.2, 0.25) is 5.02 Å². The van der Waals surface area contributed by atoms with E-state index in [0.717, 1.165) is 0 Å². The fourth-order valence-corrected chi connectivity index (χ4v) is 1.36. The van der Waals surface area contributed by atoms with Gasteiger partial charge in [-0.25, -0.2) is 10.8 Å².